The van der Waals surface area contributed by atoms with Crippen molar-refractivity contribution in [3.8, 4) is 16.3 Å². The van der Waals surface area contributed by atoms with E-state index in [9.17, 15) is 9.50 Å². The van der Waals surface area contributed by atoms with Gasteiger partial charge in [-0.3, -0.25) is 0 Å². The number of nitrogens with zero attached hydrogens (tertiary/aromatic N) is 1. The summed E-state index contributed by atoms with van der Waals surface area (Å²) in [5.74, 6) is -0.528. The zero-order valence-corrected chi connectivity index (χ0v) is 10.5. The molecular weight excluding hydrogens is 249 g/mol. The van der Waals surface area contributed by atoms with Gasteiger partial charge in [0.25, 0.3) is 0 Å². The van der Waals surface area contributed by atoms with E-state index in [2.05, 4.69) is 4.98 Å². The Labute approximate surface area is 107 Å². The Morgan fingerprint density at radius 1 is 1.22 bits per heavy atom. The second-order valence-corrected chi connectivity index (χ2v) is 5.13. The van der Waals surface area contributed by atoms with E-state index in [1.807, 2.05) is 25.1 Å². The molecule has 3 rings (SSSR count). The molecule has 2 aromatic carbocycles. The highest BCUT2D eigenvalue weighted by Gasteiger charge is 2.11. The van der Waals surface area contributed by atoms with Gasteiger partial charge in [-0.15, -0.1) is 11.3 Å². The highest BCUT2D eigenvalue weighted by molar-refractivity contribution is 7.21. The van der Waals surface area contributed by atoms with Crippen molar-refractivity contribution >= 4 is 21.6 Å². The number of aromatic hydroxyl groups is 1. The van der Waals surface area contributed by atoms with Gasteiger partial charge in [-0.2, -0.15) is 0 Å². The summed E-state index contributed by atoms with van der Waals surface area (Å²) >= 11 is 1.49. The lowest BCUT2D eigenvalue weighted by Gasteiger charge is -1.99. The molecule has 0 unspecified atom stereocenters. The summed E-state index contributed by atoms with van der Waals surface area (Å²) in [6.07, 6.45) is 0. The van der Waals surface area contributed by atoms with Crippen LogP contribution in [0.15, 0.2) is 36.4 Å². The number of thiazole rings is 1. The summed E-state index contributed by atoms with van der Waals surface area (Å²) in [6.45, 7) is 2.00. The van der Waals surface area contributed by atoms with Crippen LogP contribution in [0.3, 0.4) is 0 Å². The van der Waals surface area contributed by atoms with Crippen molar-refractivity contribution in [2.24, 2.45) is 0 Å². The third kappa shape index (κ3) is 1.75. The molecule has 0 aliphatic rings. The van der Waals surface area contributed by atoms with Gasteiger partial charge in [-0.1, -0.05) is 12.1 Å². The number of hydrogen-bond donors (Lipinski definition) is 1. The smallest absolute Gasteiger partial charge is 0.128 e. The van der Waals surface area contributed by atoms with Crippen LogP contribution < -0.4 is 0 Å². The van der Waals surface area contributed by atoms with E-state index in [1.54, 1.807) is 6.07 Å². The largest absolute Gasteiger partial charge is 0.507 e. The van der Waals surface area contributed by atoms with Gasteiger partial charge in [0.05, 0.1) is 15.8 Å². The minimum Gasteiger partial charge on any atom is -0.507 e. The fourth-order valence-electron chi connectivity index (χ4n) is 1.89. The van der Waals surface area contributed by atoms with E-state index in [0.29, 0.717) is 10.6 Å². The maximum Gasteiger partial charge on any atom is 0.128 e. The van der Waals surface area contributed by atoms with Crippen LogP contribution in [0.2, 0.25) is 0 Å². The number of phenols is 1. The first-order valence-electron chi connectivity index (χ1n) is 5.50. The Balaban J connectivity index is 2.23. The molecular formula is C14H10FNOS. The lowest BCUT2D eigenvalue weighted by atomic mass is 10.2. The molecule has 0 bridgehead atoms. The molecule has 2 nitrogen and oxygen atoms in total. The van der Waals surface area contributed by atoms with E-state index >= 15 is 0 Å². The molecule has 1 heterocycles. The Bertz CT molecular complexity index is 736. The average molecular weight is 259 g/mol. The Morgan fingerprint density at radius 3 is 2.78 bits per heavy atom. The topological polar surface area (TPSA) is 33.1 Å². The summed E-state index contributed by atoms with van der Waals surface area (Å²) in [7, 11) is 0. The first-order valence-corrected chi connectivity index (χ1v) is 6.32. The van der Waals surface area contributed by atoms with Crippen LogP contribution in [0.1, 0.15) is 5.56 Å². The van der Waals surface area contributed by atoms with Crippen LogP contribution in [0.4, 0.5) is 4.39 Å². The van der Waals surface area contributed by atoms with E-state index in [1.165, 1.54) is 17.4 Å². The minimum absolute atomic E-state index is 0.0771. The van der Waals surface area contributed by atoms with Crippen LogP contribution in [0, 0.1) is 12.7 Å². The van der Waals surface area contributed by atoms with Crippen molar-refractivity contribution in [3.63, 3.8) is 0 Å². The predicted octanol–water partition coefficient (Wildman–Crippen LogP) is 4.12. The second-order valence-electron chi connectivity index (χ2n) is 4.10. The van der Waals surface area contributed by atoms with Gasteiger partial charge in [0.15, 0.2) is 0 Å². The van der Waals surface area contributed by atoms with Crippen molar-refractivity contribution in [3.05, 3.63) is 47.8 Å². The van der Waals surface area contributed by atoms with E-state index in [-0.39, 0.29) is 5.75 Å². The van der Waals surface area contributed by atoms with Gasteiger partial charge in [0.1, 0.15) is 16.6 Å². The van der Waals surface area contributed by atoms with Crippen molar-refractivity contribution in [2.45, 2.75) is 6.92 Å². The lowest BCUT2D eigenvalue weighted by Crippen LogP contribution is -1.80. The number of fused-ring (bicyclic) bond motifs is 1. The minimum atomic E-state index is -0.450. The van der Waals surface area contributed by atoms with Crippen LogP contribution in [-0.2, 0) is 0 Å². The number of phenolic OH excluding ortho intramolecular Hbond substituents is 1. The third-order valence-corrected chi connectivity index (χ3v) is 3.86. The Kier molecular flexibility index (Phi) is 2.52. The number of aryl methyl sites for hydroxylation is 1. The van der Waals surface area contributed by atoms with Gasteiger partial charge in [-0.05, 0) is 30.7 Å². The molecule has 1 N–H and O–H groups in total. The maximum absolute atomic E-state index is 13.0. The quantitative estimate of drug-likeness (QED) is 0.713. The summed E-state index contributed by atoms with van der Waals surface area (Å²) in [5, 5.41) is 10.5. The molecule has 0 spiro atoms. The molecule has 1 aromatic heterocycles. The van der Waals surface area contributed by atoms with Crippen molar-refractivity contribution in [2.75, 3.05) is 0 Å². The van der Waals surface area contributed by atoms with Gasteiger partial charge >= 0.3 is 0 Å². The first kappa shape index (κ1) is 11.2. The molecule has 0 atom stereocenters. The second kappa shape index (κ2) is 4.07. The number of hydrogen-bond acceptors (Lipinski definition) is 3. The highest BCUT2D eigenvalue weighted by Crippen LogP contribution is 2.36. The fourth-order valence-corrected chi connectivity index (χ4v) is 2.96. The van der Waals surface area contributed by atoms with Crippen molar-refractivity contribution in [1.29, 1.82) is 0 Å². The summed E-state index contributed by atoms with van der Waals surface area (Å²) < 4.78 is 14.0. The molecule has 0 saturated carbocycles. The molecule has 90 valence electrons. The molecule has 0 saturated heterocycles. The normalized spacial score (nSPS) is 11.0. The van der Waals surface area contributed by atoms with Gasteiger partial charge < -0.3 is 5.11 Å². The Hall–Kier alpha value is -1.94. The zero-order chi connectivity index (χ0) is 12.7. The average Bonchev–Trinajstić information content (AvgIpc) is 2.74. The fraction of sp³-hybridized carbons (Fsp3) is 0.0714. The third-order valence-electron chi connectivity index (χ3n) is 2.81. The molecule has 0 aliphatic carbocycles. The van der Waals surface area contributed by atoms with Crippen LogP contribution in [0.25, 0.3) is 20.8 Å². The Morgan fingerprint density at radius 2 is 2.06 bits per heavy atom. The van der Waals surface area contributed by atoms with Gasteiger partial charge in [-0.25, -0.2) is 9.37 Å². The standard InChI is InChI=1S/C14H10FNOS/c1-8-3-2-4-12-13(8)16-14(18-12)10-6-5-9(15)7-11(10)17/h2-7,17H,1H3. The van der Waals surface area contributed by atoms with Crippen LogP contribution >= 0.6 is 11.3 Å². The molecule has 0 radical (unpaired) electrons. The van der Waals surface area contributed by atoms with Crippen molar-refractivity contribution < 1.29 is 9.50 Å². The number of halogens is 1. The molecule has 4 heteroatoms. The molecule has 0 fully saturated rings. The summed E-state index contributed by atoms with van der Waals surface area (Å²) in [6, 6.07) is 9.95. The van der Waals surface area contributed by atoms with Crippen LogP contribution in [-0.4, -0.2) is 10.1 Å². The monoisotopic (exact) mass is 259 g/mol. The van der Waals surface area contributed by atoms with E-state index in [4.69, 9.17) is 0 Å². The first-order chi connectivity index (χ1) is 8.65. The SMILES string of the molecule is Cc1cccc2sc(-c3ccc(F)cc3O)nc12. The van der Waals surface area contributed by atoms with E-state index < -0.39 is 5.82 Å². The van der Waals surface area contributed by atoms with Crippen molar-refractivity contribution in [1.82, 2.24) is 4.98 Å². The summed E-state index contributed by atoms with van der Waals surface area (Å²) in [4.78, 5) is 4.51. The zero-order valence-electron chi connectivity index (χ0n) is 9.64. The molecule has 0 aliphatic heterocycles. The predicted molar refractivity (Wildman–Crippen MR) is 71.4 cm³/mol. The maximum atomic E-state index is 13.0. The summed E-state index contributed by atoms with van der Waals surface area (Å²) in [5.41, 5.74) is 2.59. The highest BCUT2D eigenvalue weighted by atomic mass is 32.1. The number of aromatic nitrogens is 1. The van der Waals surface area contributed by atoms with Gasteiger partial charge in [0.2, 0.25) is 0 Å². The number of rotatable bonds is 1. The van der Waals surface area contributed by atoms with Crippen LogP contribution in [0.5, 0.6) is 5.75 Å². The van der Waals surface area contributed by atoms with E-state index in [0.717, 1.165) is 21.8 Å². The molecule has 18 heavy (non-hydrogen) atoms. The molecule has 0 amide bonds. The lowest BCUT2D eigenvalue weighted by molar-refractivity contribution is 0.471. The molecule has 3 aromatic rings. The van der Waals surface area contributed by atoms with Gasteiger partial charge in [0, 0.05) is 6.07 Å². The number of benzene rings is 2. The number of para-hydroxylation sites is 1.